The van der Waals surface area contributed by atoms with Crippen LogP contribution in [0.25, 0.3) is 0 Å². The van der Waals surface area contributed by atoms with Crippen LogP contribution in [0.15, 0.2) is 36.4 Å². The van der Waals surface area contributed by atoms with Crippen LogP contribution in [0, 0.1) is 0 Å². The molecule has 10 nitrogen and oxygen atoms in total. The second kappa shape index (κ2) is 18.9. The summed E-state index contributed by atoms with van der Waals surface area (Å²) in [5.41, 5.74) is 12.9. The van der Waals surface area contributed by atoms with Crippen LogP contribution in [0.3, 0.4) is 0 Å². The monoisotopic (exact) mass is 550 g/mol. The molecule has 0 amide bonds. The quantitative estimate of drug-likeness (QED) is 0.472. The molecular weight excluding hydrogens is 515 g/mol. The van der Waals surface area contributed by atoms with Crippen LogP contribution in [0.2, 0.25) is 0 Å². The maximum Gasteiger partial charge on any atom is 0.163 e. The molecule has 12 heteroatoms. The molecule has 0 saturated heterocycles. The van der Waals surface area contributed by atoms with Crippen LogP contribution < -0.4 is 30.4 Å². The first kappa shape index (κ1) is 31.7. The summed E-state index contributed by atoms with van der Waals surface area (Å²) in [4.78, 5) is 0. The zero-order valence-corrected chi connectivity index (χ0v) is 21.8. The molecule has 0 aliphatic carbocycles. The Morgan fingerprint density at radius 1 is 0.389 bits per heavy atom. The molecule has 0 aromatic heterocycles. The molecule has 4 N–H and O–H groups in total. The number of hydrogen-bond acceptors (Lipinski definition) is 10. The van der Waals surface area contributed by atoms with Gasteiger partial charge in [0.15, 0.2) is 23.0 Å². The van der Waals surface area contributed by atoms with Gasteiger partial charge in [-0.05, 0) is 24.3 Å². The fourth-order valence-corrected chi connectivity index (χ4v) is 3.00. The van der Waals surface area contributed by atoms with Crippen molar-refractivity contribution in [2.45, 2.75) is 0 Å². The van der Waals surface area contributed by atoms with Gasteiger partial charge in [0.25, 0.3) is 0 Å². The summed E-state index contributed by atoms with van der Waals surface area (Å²) in [7, 11) is 0. The number of rotatable bonds is 0. The minimum absolute atomic E-state index is 0. The molecule has 0 atom stereocenters. The lowest BCUT2D eigenvalue weighted by atomic mass is 10.3. The molecule has 0 unspecified atom stereocenters. The van der Waals surface area contributed by atoms with Crippen molar-refractivity contribution in [3.63, 3.8) is 0 Å². The Balaban J connectivity index is 0.00000324. The first-order valence-corrected chi connectivity index (χ1v) is 11.3. The van der Waals surface area contributed by atoms with E-state index < -0.39 is 0 Å². The van der Waals surface area contributed by atoms with Crippen molar-refractivity contribution < 1.29 is 37.9 Å². The molecule has 2 aromatic carbocycles. The Hall–Kier alpha value is -2.34. The van der Waals surface area contributed by atoms with E-state index in [-0.39, 0.29) is 24.8 Å². The van der Waals surface area contributed by atoms with Gasteiger partial charge in [-0.1, -0.05) is 0 Å². The zero-order valence-electron chi connectivity index (χ0n) is 20.2. The van der Waals surface area contributed by atoms with Crippen LogP contribution >= 0.6 is 24.8 Å². The highest BCUT2D eigenvalue weighted by molar-refractivity contribution is 5.85. The number of nitrogens with two attached hydrogens (primary N) is 2. The molecule has 2 aromatic rings. The first-order valence-electron chi connectivity index (χ1n) is 11.3. The fourth-order valence-electron chi connectivity index (χ4n) is 3.00. The molecule has 0 bridgehead atoms. The molecule has 1 aliphatic heterocycles. The Labute approximate surface area is 224 Å². The number of nitrogen functional groups attached to an aromatic ring is 2. The predicted molar refractivity (Wildman–Crippen MR) is 141 cm³/mol. The lowest BCUT2D eigenvalue weighted by Gasteiger charge is -2.15. The van der Waals surface area contributed by atoms with Crippen molar-refractivity contribution in [2.75, 3.05) is 90.7 Å². The van der Waals surface area contributed by atoms with E-state index in [1.807, 2.05) is 0 Å². The third-order valence-electron chi connectivity index (χ3n) is 4.62. The minimum Gasteiger partial charge on any atom is -0.487 e. The van der Waals surface area contributed by atoms with E-state index in [1.54, 1.807) is 36.4 Å². The molecule has 204 valence electrons. The van der Waals surface area contributed by atoms with Gasteiger partial charge in [-0.25, -0.2) is 0 Å². The summed E-state index contributed by atoms with van der Waals surface area (Å²) < 4.78 is 45.3. The highest BCUT2D eigenvalue weighted by Crippen LogP contribution is 2.30. The van der Waals surface area contributed by atoms with Crippen LogP contribution in [-0.4, -0.2) is 79.3 Å². The Bertz CT molecular complexity index is 793. The molecular formula is C24H36Cl2N2O8. The summed E-state index contributed by atoms with van der Waals surface area (Å²) in [6.07, 6.45) is 0. The van der Waals surface area contributed by atoms with Gasteiger partial charge in [0.05, 0.1) is 52.9 Å². The van der Waals surface area contributed by atoms with E-state index in [1.165, 1.54) is 0 Å². The highest BCUT2D eigenvalue weighted by atomic mass is 35.5. The summed E-state index contributed by atoms with van der Waals surface area (Å²) >= 11 is 0. The predicted octanol–water partition coefficient (Wildman–Crippen LogP) is 2.99. The molecule has 0 fully saturated rings. The molecule has 0 saturated carbocycles. The lowest BCUT2D eigenvalue weighted by molar-refractivity contribution is 0.0223. The standard InChI is InChI=1S/C24H34N2O8.2ClH/c25-19-1-3-21-23(17-19)33-15-11-29-8-6-28-10-14-32-22-4-2-20(26)18-24(22)34-16-12-30-7-5-27-9-13-31-21;;/h1-4,17-18H,5-16,25-26H2;2*1H. The Morgan fingerprint density at radius 3 is 1.00 bits per heavy atom. The van der Waals surface area contributed by atoms with Crippen LogP contribution in [0.4, 0.5) is 11.4 Å². The Kier molecular flexibility index (Phi) is 16.6. The zero-order chi connectivity index (χ0) is 23.8. The van der Waals surface area contributed by atoms with Crippen molar-refractivity contribution in [1.29, 1.82) is 0 Å². The van der Waals surface area contributed by atoms with Crippen molar-refractivity contribution >= 4 is 36.2 Å². The summed E-state index contributed by atoms with van der Waals surface area (Å²) in [6.45, 7) is 4.86. The first-order chi connectivity index (χ1) is 16.7. The number of ether oxygens (including phenoxy) is 8. The smallest absolute Gasteiger partial charge is 0.163 e. The SMILES string of the molecule is Cl.Cl.Nc1ccc2c(c1)OCCOCCOCCOc1ccc(N)cc1OCCOCCOCCO2. The van der Waals surface area contributed by atoms with Crippen LogP contribution in [0.1, 0.15) is 0 Å². The van der Waals surface area contributed by atoms with E-state index in [0.29, 0.717) is 114 Å². The average Bonchev–Trinajstić information content (AvgIpc) is 2.83. The topological polar surface area (TPSA) is 126 Å². The van der Waals surface area contributed by atoms with Crippen molar-refractivity contribution in [1.82, 2.24) is 0 Å². The molecule has 0 spiro atoms. The van der Waals surface area contributed by atoms with E-state index in [2.05, 4.69) is 0 Å². The van der Waals surface area contributed by atoms with Gasteiger partial charge in [-0.2, -0.15) is 0 Å². The maximum atomic E-state index is 5.87. The fraction of sp³-hybridized carbons (Fsp3) is 0.500. The third-order valence-corrected chi connectivity index (χ3v) is 4.62. The highest BCUT2D eigenvalue weighted by Gasteiger charge is 2.08. The maximum absolute atomic E-state index is 5.87. The van der Waals surface area contributed by atoms with Crippen molar-refractivity contribution in [3.05, 3.63) is 36.4 Å². The van der Waals surface area contributed by atoms with E-state index in [9.17, 15) is 0 Å². The molecule has 36 heavy (non-hydrogen) atoms. The van der Waals surface area contributed by atoms with Gasteiger partial charge in [-0.15, -0.1) is 24.8 Å². The minimum atomic E-state index is 0. The number of fused-ring (bicyclic) bond motifs is 2. The lowest BCUT2D eigenvalue weighted by Crippen LogP contribution is -2.15. The second-order valence-corrected chi connectivity index (χ2v) is 7.26. The number of anilines is 2. The van der Waals surface area contributed by atoms with Crippen molar-refractivity contribution in [2.24, 2.45) is 0 Å². The summed E-state index contributed by atoms with van der Waals surface area (Å²) in [5, 5.41) is 0. The van der Waals surface area contributed by atoms with E-state index in [0.717, 1.165) is 0 Å². The van der Waals surface area contributed by atoms with E-state index >= 15 is 0 Å². The average molecular weight is 551 g/mol. The normalized spacial score (nSPS) is 16.9. The van der Waals surface area contributed by atoms with Gasteiger partial charge in [0.1, 0.15) is 26.4 Å². The summed E-state index contributed by atoms with van der Waals surface area (Å²) in [6, 6.07) is 10.5. The van der Waals surface area contributed by atoms with Gasteiger partial charge >= 0.3 is 0 Å². The van der Waals surface area contributed by atoms with Gasteiger partial charge in [0, 0.05) is 23.5 Å². The molecule has 1 heterocycles. The largest absolute Gasteiger partial charge is 0.487 e. The summed E-state index contributed by atoms with van der Waals surface area (Å²) in [5.74, 6) is 2.34. The number of benzene rings is 2. The van der Waals surface area contributed by atoms with Gasteiger partial charge in [0.2, 0.25) is 0 Å². The molecule has 3 rings (SSSR count). The third kappa shape index (κ3) is 12.1. The van der Waals surface area contributed by atoms with Crippen LogP contribution in [0.5, 0.6) is 23.0 Å². The van der Waals surface area contributed by atoms with Crippen molar-refractivity contribution in [3.8, 4) is 23.0 Å². The molecule has 0 radical (unpaired) electrons. The van der Waals surface area contributed by atoms with Gasteiger partial charge in [-0.3, -0.25) is 0 Å². The number of halogens is 2. The van der Waals surface area contributed by atoms with Gasteiger partial charge < -0.3 is 49.4 Å². The van der Waals surface area contributed by atoms with Crippen LogP contribution in [-0.2, 0) is 18.9 Å². The Morgan fingerprint density at radius 2 is 0.667 bits per heavy atom. The molecule has 1 aliphatic rings. The number of hydrogen-bond donors (Lipinski definition) is 2. The van der Waals surface area contributed by atoms with E-state index in [4.69, 9.17) is 49.4 Å². The second-order valence-electron chi connectivity index (χ2n) is 7.26.